The number of hydrogen-bond acceptors (Lipinski definition) is 2. The molecule has 3 unspecified atom stereocenters. The molecule has 1 aromatic rings. The molecule has 1 N–H and O–H groups in total. The van der Waals surface area contributed by atoms with Crippen molar-refractivity contribution in [3.63, 3.8) is 0 Å². The Morgan fingerprint density at radius 1 is 1.37 bits per heavy atom. The molecule has 19 heavy (non-hydrogen) atoms. The fourth-order valence-electron chi connectivity index (χ4n) is 3.52. The summed E-state index contributed by atoms with van der Waals surface area (Å²) in [5.74, 6) is 2.24. The third kappa shape index (κ3) is 2.73. The fraction of sp³-hybridized carbons (Fsp3) is 0.533. The predicted octanol–water partition coefficient (Wildman–Crippen LogP) is 3.80. The van der Waals surface area contributed by atoms with Crippen LogP contribution in [0.3, 0.4) is 0 Å². The molecule has 0 aliphatic heterocycles. The molecule has 0 amide bonds. The molecule has 2 aliphatic rings. The van der Waals surface area contributed by atoms with Gasteiger partial charge >= 0.3 is 5.97 Å². The van der Waals surface area contributed by atoms with Crippen molar-refractivity contribution in [3.8, 4) is 5.75 Å². The molecule has 3 nitrogen and oxygen atoms in total. The summed E-state index contributed by atoms with van der Waals surface area (Å²) in [4.78, 5) is 11.0. The monoisotopic (exact) mass is 372 g/mol. The molecule has 0 heterocycles. The molecule has 2 aliphatic carbocycles. The highest BCUT2D eigenvalue weighted by molar-refractivity contribution is 14.1. The molecule has 0 radical (unpaired) electrons. The van der Waals surface area contributed by atoms with Gasteiger partial charge in [-0.25, -0.2) is 4.79 Å². The van der Waals surface area contributed by atoms with Crippen molar-refractivity contribution in [1.29, 1.82) is 0 Å². The van der Waals surface area contributed by atoms with E-state index in [1.54, 1.807) is 18.2 Å². The van der Waals surface area contributed by atoms with Gasteiger partial charge in [-0.2, -0.15) is 0 Å². The molecule has 102 valence electrons. The Morgan fingerprint density at radius 2 is 2.21 bits per heavy atom. The van der Waals surface area contributed by atoms with Crippen LogP contribution in [0.2, 0.25) is 0 Å². The first-order valence-corrected chi connectivity index (χ1v) is 7.87. The first-order valence-electron chi connectivity index (χ1n) is 6.79. The minimum absolute atomic E-state index is 0.295. The number of carboxylic acid groups (broad SMARTS) is 1. The number of halogens is 1. The van der Waals surface area contributed by atoms with Gasteiger partial charge in [-0.3, -0.25) is 0 Å². The Labute approximate surface area is 126 Å². The quantitative estimate of drug-likeness (QED) is 0.818. The molecule has 3 atom stereocenters. The lowest BCUT2D eigenvalue weighted by molar-refractivity contribution is 0.0696. The highest BCUT2D eigenvalue weighted by Gasteiger charge is 2.39. The zero-order valence-corrected chi connectivity index (χ0v) is 12.8. The Morgan fingerprint density at radius 3 is 2.84 bits per heavy atom. The van der Waals surface area contributed by atoms with Gasteiger partial charge in [-0.15, -0.1) is 0 Å². The van der Waals surface area contributed by atoms with Crippen molar-refractivity contribution in [1.82, 2.24) is 0 Å². The lowest BCUT2D eigenvalue weighted by atomic mass is 9.89. The number of hydrogen-bond donors (Lipinski definition) is 1. The lowest BCUT2D eigenvalue weighted by Crippen LogP contribution is -2.18. The van der Waals surface area contributed by atoms with Crippen LogP contribution in [0.25, 0.3) is 0 Å². The van der Waals surface area contributed by atoms with Crippen molar-refractivity contribution in [2.45, 2.75) is 25.7 Å². The van der Waals surface area contributed by atoms with Crippen LogP contribution in [0, 0.1) is 21.3 Å². The zero-order chi connectivity index (χ0) is 13.4. The van der Waals surface area contributed by atoms with Gasteiger partial charge < -0.3 is 9.84 Å². The SMILES string of the molecule is O=C(O)c1ccc(I)c(OCC2CC3CCC2C3)c1. The Bertz CT molecular complexity index is 500. The smallest absolute Gasteiger partial charge is 0.335 e. The van der Waals surface area contributed by atoms with Crippen molar-refractivity contribution >= 4 is 28.6 Å². The van der Waals surface area contributed by atoms with Crippen LogP contribution >= 0.6 is 22.6 Å². The van der Waals surface area contributed by atoms with E-state index in [0.29, 0.717) is 17.2 Å². The standard InChI is InChI=1S/C15H17IO3/c16-13-4-3-11(15(17)18)7-14(13)19-8-12-6-9-1-2-10(12)5-9/h3-4,7,9-10,12H,1-2,5-6,8H2,(H,17,18). The van der Waals surface area contributed by atoms with Gasteiger partial charge in [0.25, 0.3) is 0 Å². The van der Waals surface area contributed by atoms with E-state index >= 15 is 0 Å². The third-order valence-corrected chi connectivity index (χ3v) is 5.41. The summed E-state index contributed by atoms with van der Waals surface area (Å²) in [6, 6.07) is 5.06. The van der Waals surface area contributed by atoms with Crippen LogP contribution in [0.15, 0.2) is 18.2 Å². The van der Waals surface area contributed by atoms with Crippen LogP contribution in [-0.2, 0) is 0 Å². The Balaban J connectivity index is 1.66. The molecule has 2 saturated carbocycles. The van der Waals surface area contributed by atoms with Gasteiger partial charge in [-0.1, -0.05) is 6.42 Å². The van der Waals surface area contributed by atoms with E-state index in [9.17, 15) is 4.79 Å². The van der Waals surface area contributed by atoms with E-state index in [-0.39, 0.29) is 0 Å². The van der Waals surface area contributed by atoms with E-state index in [1.807, 2.05) is 0 Å². The van der Waals surface area contributed by atoms with Crippen molar-refractivity contribution < 1.29 is 14.6 Å². The second-order valence-electron chi connectivity index (χ2n) is 5.70. The van der Waals surface area contributed by atoms with Crippen LogP contribution in [0.4, 0.5) is 0 Å². The number of fused-ring (bicyclic) bond motifs is 2. The molecule has 0 saturated heterocycles. The topological polar surface area (TPSA) is 46.5 Å². The number of ether oxygens (including phenoxy) is 1. The van der Waals surface area contributed by atoms with Crippen molar-refractivity contribution in [2.75, 3.05) is 6.61 Å². The van der Waals surface area contributed by atoms with Gasteiger partial charge in [0.05, 0.1) is 15.7 Å². The number of aromatic carboxylic acids is 1. The summed E-state index contributed by atoms with van der Waals surface area (Å²) < 4.78 is 6.87. The Hall–Kier alpha value is -0.780. The average Bonchev–Trinajstić information content (AvgIpc) is 2.99. The summed E-state index contributed by atoms with van der Waals surface area (Å²) in [6.45, 7) is 0.736. The minimum atomic E-state index is -0.902. The first-order chi connectivity index (χ1) is 9.13. The molecule has 3 rings (SSSR count). The molecule has 0 spiro atoms. The van der Waals surface area contributed by atoms with Gasteiger partial charge in [0.2, 0.25) is 0 Å². The number of carbonyl (C=O) groups is 1. The molecule has 0 aromatic heterocycles. The zero-order valence-electron chi connectivity index (χ0n) is 10.6. The van der Waals surface area contributed by atoms with Crippen LogP contribution < -0.4 is 4.74 Å². The molecule has 4 heteroatoms. The number of rotatable bonds is 4. The Kier molecular flexibility index (Phi) is 3.69. The largest absolute Gasteiger partial charge is 0.492 e. The van der Waals surface area contributed by atoms with Gasteiger partial charge in [0.15, 0.2) is 0 Å². The van der Waals surface area contributed by atoms with E-state index in [0.717, 1.165) is 22.0 Å². The van der Waals surface area contributed by atoms with E-state index in [4.69, 9.17) is 9.84 Å². The van der Waals surface area contributed by atoms with Crippen LogP contribution in [0.5, 0.6) is 5.75 Å². The van der Waals surface area contributed by atoms with E-state index in [1.165, 1.54) is 25.7 Å². The maximum atomic E-state index is 11.0. The number of benzene rings is 1. The fourth-order valence-corrected chi connectivity index (χ4v) is 4.02. The van der Waals surface area contributed by atoms with E-state index < -0.39 is 5.97 Å². The maximum absolute atomic E-state index is 11.0. The first kappa shape index (κ1) is 13.2. The second kappa shape index (κ2) is 5.31. The van der Waals surface area contributed by atoms with E-state index in [2.05, 4.69) is 22.6 Å². The normalized spacial score (nSPS) is 28.6. The maximum Gasteiger partial charge on any atom is 0.335 e. The van der Waals surface area contributed by atoms with Crippen LogP contribution in [0.1, 0.15) is 36.0 Å². The summed E-state index contributed by atoms with van der Waals surface area (Å²) >= 11 is 2.19. The van der Waals surface area contributed by atoms with Crippen LogP contribution in [-0.4, -0.2) is 17.7 Å². The van der Waals surface area contributed by atoms with Crippen molar-refractivity contribution in [3.05, 3.63) is 27.3 Å². The molecular formula is C15H17IO3. The summed E-state index contributed by atoms with van der Waals surface area (Å²) in [6.07, 6.45) is 5.41. The highest BCUT2D eigenvalue weighted by Crippen LogP contribution is 2.48. The molecule has 1 aromatic carbocycles. The molecule has 2 bridgehead atoms. The molecular weight excluding hydrogens is 355 g/mol. The number of carboxylic acids is 1. The highest BCUT2D eigenvalue weighted by atomic mass is 127. The van der Waals surface area contributed by atoms with Gasteiger partial charge in [-0.05, 0) is 77.8 Å². The predicted molar refractivity (Wildman–Crippen MR) is 80.6 cm³/mol. The summed E-state index contributed by atoms with van der Waals surface area (Å²) in [7, 11) is 0. The minimum Gasteiger partial charge on any atom is -0.492 e. The summed E-state index contributed by atoms with van der Waals surface area (Å²) in [5.41, 5.74) is 0.295. The lowest BCUT2D eigenvalue weighted by Gasteiger charge is -2.22. The van der Waals surface area contributed by atoms with Gasteiger partial charge in [0.1, 0.15) is 5.75 Å². The molecule has 2 fully saturated rings. The third-order valence-electron chi connectivity index (χ3n) is 4.52. The van der Waals surface area contributed by atoms with Gasteiger partial charge in [0, 0.05) is 0 Å². The average molecular weight is 372 g/mol. The summed E-state index contributed by atoms with van der Waals surface area (Å²) in [5, 5.41) is 9.01. The second-order valence-corrected chi connectivity index (χ2v) is 6.86. The van der Waals surface area contributed by atoms with Crippen molar-refractivity contribution in [2.24, 2.45) is 17.8 Å².